The van der Waals surface area contributed by atoms with Crippen LogP contribution in [0.2, 0.25) is 0 Å². The maximum Gasteiger partial charge on any atom is 0.241 e. The second-order valence-electron chi connectivity index (χ2n) is 4.33. The third-order valence-electron chi connectivity index (χ3n) is 2.93. The first-order chi connectivity index (χ1) is 7.56. The van der Waals surface area contributed by atoms with Crippen LogP contribution in [0, 0.1) is 5.92 Å². The number of likely N-dealkylation sites (N-methyl/N-ethyl adjacent to an activating group) is 2. The minimum atomic E-state index is -0.0267. The first-order valence-electron chi connectivity index (χ1n) is 5.76. The lowest BCUT2D eigenvalue weighted by Gasteiger charge is -2.24. The highest BCUT2D eigenvalue weighted by atomic mass is 16.2. The molecule has 0 aromatic heterocycles. The molecule has 0 saturated carbocycles. The van der Waals surface area contributed by atoms with Crippen molar-refractivity contribution < 1.29 is 9.59 Å². The van der Waals surface area contributed by atoms with Gasteiger partial charge in [0.05, 0.1) is 12.5 Å². The lowest BCUT2D eigenvalue weighted by molar-refractivity contribution is -0.141. The number of rotatable bonds is 4. The lowest BCUT2D eigenvalue weighted by Crippen LogP contribution is -2.43. The van der Waals surface area contributed by atoms with E-state index in [1.807, 2.05) is 6.92 Å². The van der Waals surface area contributed by atoms with Crippen LogP contribution in [-0.4, -0.2) is 61.9 Å². The van der Waals surface area contributed by atoms with Gasteiger partial charge in [-0.2, -0.15) is 0 Å². The Bertz CT molecular complexity index is 260. The normalized spacial score (nSPS) is 19.6. The third kappa shape index (κ3) is 3.20. The summed E-state index contributed by atoms with van der Waals surface area (Å²) >= 11 is 0. The highest BCUT2D eigenvalue weighted by molar-refractivity contribution is 5.86. The molecule has 16 heavy (non-hydrogen) atoms. The molecule has 0 bridgehead atoms. The molecule has 1 heterocycles. The second-order valence-corrected chi connectivity index (χ2v) is 4.33. The van der Waals surface area contributed by atoms with E-state index in [0.29, 0.717) is 6.54 Å². The van der Waals surface area contributed by atoms with Gasteiger partial charge in [0.1, 0.15) is 0 Å². The zero-order valence-electron chi connectivity index (χ0n) is 10.3. The van der Waals surface area contributed by atoms with Crippen molar-refractivity contribution in [3.63, 3.8) is 0 Å². The Morgan fingerprint density at radius 3 is 2.50 bits per heavy atom. The third-order valence-corrected chi connectivity index (χ3v) is 2.93. The molecule has 0 aromatic rings. The van der Waals surface area contributed by atoms with Gasteiger partial charge in [0.15, 0.2) is 0 Å². The smallest absolute Gasteiger partial charge is 0.241 e. The van der Waals surface area contributed by atoms with Crippen LogP contribution in [0.25, 0.3) is 0 Å². The maximum atomic E-state index is 12.0. The van der Waals surface area contributed by atoms with E-state index in [0.717, 1.165) is 19.5 Å². The van der Waals surface area contributed by atoms with Crippen LogP contribution in [0.15, 0.2) is 0 Å². The van der Waals surface area contributed by atoms with Crippen LogP contribution in [0.5, 0.6) is 0 Å². The van der Waals surface area contributed by atoms with E-state index < -0.39 is 0 Å². The number of amides is 2. The van der Waals surface area contributed by atoms with Crippen molar-refractivity contribution >= 4 is 11.8 Å². The Labute approximate surface area is 96.8 Å². The number of carbonyl (C=O) groups excluding carboxylic acids is 2. The molecule has 5 heteroatoms. The Morgan fingerprint density at radius 2 is 2.06 bits per heavy atom. The molecule has 1 saturated heterocycles. The van der Waals surface area contributed by atoms with Gasteiger partial charge in [-0.3, -0.25) is 9.59 Å². The summed E-state index contributed by atoms with van der Waals surface area (Å²) in [5.74, 6) is 0.124. The van der Waals surface area contributed by atoms with Gasteiger partial charge in [-0.1, -0.05) is 0 Å². The predicted octanol–water partition coefficient (Wildman–Crippen LogP) is -0.467. The first kappa shape index (κ1) is 13.0. The molecule has 92 valence electrons. The minimum absolute atomic E-state index is 0.0267. The summed E-state index contributed by atoms with van der Waals surface area (Å²) in [4.78, 5) is 26.8. The molecular formula is C11H21N3O2. The molecular weight excluding hydrogens is 206 g/mol. The Hall–Kier alpha value is -1.10. The molecule has 1 N–H and O–H groups in total. The van der Waals surface area contributed by atoms with Crippen molar-refractivity contribution in [1.82, 2.24) is 15.1 Å². The summed E-state index contributed by atoms with van der Waals surface area (Å²) in [6.45, 7) is 4.33. The molecule has 0 spiro atoms. The molecule has 0 aliphatic carbocycles. The van der Waals surface area contributed by atoms with Crippen LogP contribution in [0.3, 0.4) is 0 Å². The van der Waals surface area contributed by atoms with Gasteiger partial charge in [-0.15, -0.1) is 0 Å². The average Bonchev–Trinajstić information content (AvgIpc) is 2.77. The van der Waals surface area contributed by atoms with Gasteiger partial charge >= 0.3 is 0 Å². The van der Waals surface area contributed by atoms with Gasteiger partial charge in [0, 0.05) is 27.2 Å². The summed E-state index contributed by atoms with van der Waals surface area (Å²) in [5.41, 5.74) is 0. The van der Waals surface area contributed by atoms with E-state index in [2.05, 4.69) is 5.32 Å². The van der Waals surface area contributed by atoms with Gasteiger partial charge in [-0.25, -0.2) is 0 Å². The minimum Gasteiger partial charge on any atom is -0.347 e. The van der Waals surface area contributed by atoms with Crippen molar-refractivity contribution in [2.45, 2.75) is 13.3 Å². The van der Waals surface area contributed by atoms with Crippen LogP contribution in [0.1, 0.15) is 13.3 Å². The van der Waals surface area contributed by atoms with Crippen molar-refractivity contribution in [1.29, 1.82) is 0 Å². The molecule has 2 amide bonds. The Balaban J connectivity index is 2.52. The first-order valence-corrected chi connectivity index (χ1v) is 5.76. The van der Waals surface area contributed by atoms with Crippen LogP contribution in [0.4, 0.5) is 0 Å². The largest absolute Gasteiger partial charge is 0.347 e. The van der Waals surface area contributed by atoms with E-state index in [9.17, 15) is 9.59 Å². The van der Waals surface area contributed by atoms with E-state index in [4.69, 9.17) is 0 Å². The van der Waals surface area contributed by atoms with Gasteiger partial charge in [0.25, 0.3) is 0 Å². The summed E-state index contributed by atoms with van der Waals surface area (Å²) in [6.07, 6.45) is 0.880. The fourth-order valence-corrected chi connectivity index (χ4v) is 1.77. The van der Waals surface area contributed by atoms with Gasteiger partial charge in [-0.05, 0) is 19.9 Å². The molecule has 1 fully saturated rings. The number of hydrogen-bond donors (Lipinski definition) is 1. The van der Waals surface area contributed by atoms with Gasteiger partial charge < -0.3 is 15.1 Å². The number of hydrogen-bond acceptors (Lipinski definition) is 3. The zero-order valence-corrected chi connectivity index (χ0v) is 10.3. The molecule has 5 nitrogen and oxygen atoms in total. The van der Waals surface area contributed by atoms with Crippen molar-refractivity contribution in [2.24, 2.45) is 5.92 Å². The molecule has 1 rings (SSSR count). The maximum absolute atomic E-state index is 12.0. The molecule has 1 aliphatic rings. The van der Waals surface area contributed by atoms with Crippen LogP contribution < -0.4 is 5.32 Å². The van der Waals surface area contributed by atoms with E-state index in [1.165, 1.54) is 4.90 Å². The molecule has 1 aliphatic heterocycles. The summed E-state index contributed by atoms with van der Waals surface area (Å²) in [5, 5.41) is 3.17. The lowest BCUT2D eigenvalue weighted by atomic mass is 10.1. The topological polar surface area (TPSA) is 52.7 Å². The molecule has 0 aromatic carbocycles. The van der Waals surface area contributed by atoms with Crippen molar-refractivity contribution in [3.05, 3.63) is 0 Å². The number of carbonyl (C=O) groups is 2. The Morgan fingerprint density at radius 1 is 1.38 bits per heavy atom. The van der Waals surface area contributed by atoms with Gasteiger partial charge in [0.2, 0.25) is 11.8 Å². The van der Waals surface area contributed by atoms with E-state index in [-0.39, 0.29) is 24.3 Å². The highest BCUT2D eigenvalue weighted by Crippen LogP contribution is 2.11. The van der Waals surface area contributed by atoms with Crippen LogP contribution >= 0.6 is 0 Å². The van der Waals surface area contributed by atoms with Crippen molar-refractivity contribution in [2.75, 3.05) is 40.3 Å². The Kier molecular flexibility index (Phi) is 4.73. The number of nitrogens with one attached hydrogen (secondary N) is 1. The highest BCUT2D eigenvalue weighted by Gasteiger charge is 2.27. The molecule has 0 radical (unpaired) electrons. The monoisotopic (exact) mass is 227 g/mol. The fraction of sp³-hybridized carbons (Fsp3) is 0.818. The molecule has 1 unspecified atom stereocenters. The van der Waals surface area contributed by atoms with Crippen LogP contribution in [-0.2, 0) is 9.59 Å². The fourth-order valence-electron chi connectivity index (χ4n) is 1.77. The standard InChI is InChI=1S/C11H21N3O2/c1-4-14(8-10(15)13(2)3)11(16)9-5-6-12-7-9/h9,12H,4-8H2,1-3H3. The SMILES string of the molecule is CCN(CC(=O)N(C)C)C(=O)C1CCNC1. The van der Waals surface area contributed by atoms with E-state index >= 15 is 0 Å². The molecule has 1 atom stereocenters. The predicted molar refractivity (Wildman–Crippen MR) is 61.9 cm³/mol. The van der Waals surface area contributed by atoms with E-state index in [1.54, 1.807) is 19.0 Å². The summed E-state index contributed by atoms with van der Waals surface area (Å²) in [6, 6.07) is 0. The zero-order chi connectivity index (χ0) is 12.1. The summed E-state index contributed by atoms with van der Waals surface area (Å²) < 4.78 is 0. The average molecular weight is 227 g/mol. The summed E-state index contributed by atoms with van der Waals surface area (Å²) in [7, 11) is 3.41. The number of nitrogens with zero attached hydrogens (tertiary/aromatic N) is 2. The second kappa shape index (κ2) is 5.84. The van der Waals surface area contributed by atoms with Crippen molar-refractivity contribution in [3.8, 4) is 0 Å². The quantitative estimate of drug-likeness (QED) is 0.706.